The molecule has 1 atom stereocenters. The summed E-state index contributed by atoms with van der Waals surface area (Å²) in [5, 5.41) is 0. The minimum atomic E-state index is -4.45. The van der Waals surface area contributed by atoms with Crippen molar-refractivity contribution in [3.63, 3.8) is 0 Å². The Kier molecular flexibility index (Phi) is 3.99. The molecule has 7 heteroatoms. The van der Waals surface area contributed by atoms with Crippen LogP contribution in [0.25, 0.3) is 0 Å². The van der Waals surface area contributed by atoms with Crippen molar-refractivity contribution in [3.8, 4) is 0 Å². The zero-order valence-electron chi connectivity index (χ0n) is 11.0. The van der Waals surface area contributed by atoms with Gasteiger partial charge in [0, 0.05) is 25.8 Å². The maximum atomic E-state index is 12.4. The molecular weight excluding hydrogens is 271 g/mol. The molecule has 2 rings (SSSR count). The molecule has 4 nitrogen and oxygen atoms in total. The normalized spacial score (nSPS) is 16.9. The Hall–Kier alpha value is -1.63. The maximum Gasteiger partial charge on any atom is 0.417 e. The highest BCUT2D eigenvalue weighted by Crippen LogP contribution is 2.35. The van der Waals surface area contributed by atoms with Gasteiger partial charge in [0.25, 0.3) is 5.91 Å². The molecule has 1 saturated carbocycles. The van der Waals surface area contributed by atoms with Crippen LogP contribution in [0.2, 0.25) is 0 Å². The summed E-state index contributed by atoms with van der Waals surface area (Å²) < 4.78 is 37.3. The smallest absolute Gasteiger partial charge is 0.336 e. The van der Waals surface area contributed by atoms with E-state index in [1.807, 2.05) is 0 Å². The van der Waals surface area contributed by atoms with Crippen LogP contribution in [-0.4, -0.2) is 35.4 Å². The summed E-state index contributed by atoms with van der Waals surface area (Å²) in [6, 6.07) is 1.89. The quantitative estimate of drug-likeness (QED) is 0.920. The molecule has 0 spiro atoms. The highest BCUT2D eigenvalue weighted by Gasteiger charge is 2.36. The fourth-order valence-corrected chi connectivity index (χ4v) is 2.17. The van der Waals surface area contributed by atoms with Crippen molar-refractivity contribution in [1.82, 2.24) is 9.88 Å². The van der Waals surface area contributed by atoms with E-state index in [1.54, 1.807) is 7.05 Å². The number of nitrogens with zero attached hydrogens (tertiary/aromatic N) is 2. The highest BCUT2D eigenvalue weighted by atomic mass is 19.4. The van der Waals surface area contributed by atoms with E-state index >= 15 is 0 Å². The molecule has 2 N–H and O–H groups in total. The van der Waals surface area contributed by atoms with Gasteiger partial charge in [-0.25, -0.2) is 0 Å². The molecule has 1 amide bonds. The lowest BCUT2D eigenvalue weighted by molar-refractivity contribution is -0.137. The third-order valence-corrected chi connectivity index (χ3v) is 3.54. The first kappa shape index (κ1) is 14.8. The summed E-state index contributed by atoms with van der Waals surface area (Å²) in [5.74, 6) is -0.00975. The fraction of sp³-hybridized carbons (Fsp3) is 0.538. The second kappa shape index (κ2) is 5.40. The van der Waals surface area contributed by atoms with Crippen LogP contribution in [0.4, 0.5) is 13.2 Å². The Bertz CT molecular complexity index is 483. The van der Waals surface area contributed by atoms with Crippen LogP contribution in [0.5, 0.6) is 0 Å². The number of rotatable bonds is 4. The van der Waals surface area contributed by atoms with Gasteiger partial charge in [0.15, 0.2) is 0 Å². The van der Waals surface area contributed by atoms with Crippen LogP contribution in [0.3, 0.4) is 0 Å². The number of likely N-dealkylation sites (N-methyl/N-ethyl adjacent to an activating group) is 1. The molecule has 1 aliphatic carbocycles. The molecule has 1 heterocycles. The standard InChI is InChI=1S/C13H16F3N3O/c1-19(11(6-17)8-2-3-8)12(20)10-5-4-9(7-18-10)13(14,15)16/h4-5,7-8,11H,2-3,6,17H2,1H3. The number of nitrogens with two attached hydrogens (primary N) is 1. The lowest BCUT2D eigenvalue weighted by Gasteiger charge is -2.26. The molecule has 1 fully saturated rings. The topological polar surface area (TPSA) is 59.2 Å². The van der Waals surface area contributed by atoms with E-state index in [0.29, 0.717) is 18.7 Å². The van der Waals surface area contributed by atoms with Crippen molar-refractivity contribution in [2.75, 3.05) is 13.6 Å². The molecule has 0 aromatic carbocycles. The average molecular weight is 287 g/mol. The second-order valence-electron chi connectivity index (χ2n) is 4.99. The van der Waals surface area contributed by atoms with E-state index < -0.39 is 17.6 Å². The first-order valence-electron chi connectivity index (χ1n) is 6.35. The number of alkyl halides is 3. The van der Waals surface area contributed by atoms with E-state index in [4.69, 9.17) is 5.73 Å². The van der Waals surface area contributed by atoms with Crippen molar-refractivity contribution < 1.29 is 18.0 Å². The summed E-state index contributed by atoms with van der Waals surface area (Å²) in [6.07, 6.45) is -1.72. The molecule has 1 aromatic heterocycles. The highest BCUT2D eigenvalue weighted by molar-refractivity contribution is 5.92. The van der Waals surface area contributed by atoms with Gasteiger partial charge in [-0.3, -0.25) is 9.78 Å². The Morgan fingerprint density at radius 2 is 2.15 bits per heavy atom. The summed E-state index contributed by atoms with van der Waals surface area (Å²) in [7, 11) is 1.61. The van der Waals surface area contributed by atoms with Gasteiger partial charge in [0.2, 0.25) is 0 Å². The van der Waals surface area contributed by atoms with Crippen molar-refractivity contribution in [2.45, 2.75) is 25.1 Å². The van der Waals surface area contributed by atoms with E-state index in [0.717, 1.165) is 25.0 Å². The third kappa shape index (κ3) is 3.09. The fourth-order valence-electron chi connectivity index (χ4n) is 2.17. The average Bonchev–Trinajstić information content (AvgIpc) is 3.22. The number of aromatic nitrogens is 1. The molecule has 20 heavy (non-hydrogen) atoms. The first-order chi connectivity index (χ1) is 9.34. The molecule has 1 aliphatic rings. The minimum absolute atomic E-state index is 0.000370. The van der Waals surface area contributed by atoms with Gasteiger partial charge in [-0.2, -0.15) is 13.2 Å². The molecule has 0 aliphatic heterocycles. The van der Waals surface area contributed by atoms with E-state index in [9.17, 15) is 18.0 Å². The largest absolute Gasteiger partial charge is 0.417 e. The van der Waals surface area contributed by atoms with Gasteiger partial charge in [0.05, 0.1) is 5.56 Å². The Labute approximate surface area is 114 Å². The van der Waals surface area contributed by atoms with Crippen molar-refractivity contribution in [2.24, 2.45) is 11.7 Å². The van der Waals surface area contributed by atoms with Crippen LogP contribution in [-0.2, 0) is 6.18 Å². The monoisotopic (exact) mass is 287 g/mol. The van der Waals surface area contributed by atoms with Gasteiger partial charge >= 0.3 is 6.18 Å². The number of amides is 1. The molecule has 110 valence electrons. The number of pyridine rings is 1. The number of hydrogen-bond acceptors (Lipinski definition) is 3. The maximum absolute atomic E-state index is 12.4. The Balaban J connectivity index is 2.12. The van der Waals surface area contributed by atoms with Gasteiger partial charge in [-0.1, -0.05) is 0 Å². The number of carbonyl (C=O) groups is 1. The summed E-state index contributed by atoms with van der Waals surface area (Å²) in [4.78, 5) is 17.3. The number of carbonyl (C=O) groups excluding carboxylic acids is 1. The van der Waals surface area contributed by atoms with Gasteiger partial charge in [-0.15, -0.1) is 0 Å². The van der Waals surface area contributed by atoms with Crippen LogP contribution in [0.15, 0.2) is 18.3 Å². The second-order valence-corrected chi connectivity index (χ2v) is 4.99. The van der Waals surface area contributed by atoms with Crippen LogP contribution in [0, 0.1) is 5.92 Å². The first-order valence-corrected chi connectivity index (χ1v) is 6.35. The molecule has 0 bridgehead atoms. The summed E-state index contributed by atoms with van der Waals surface area (Å²) in [5.41, 5.74) is 4.78. The predicted octanol–water partition coefficient (Wildman–Crippen LogP) is 1.91. The predicted molar refractivity (Wildman–Crippen MR) is 66.9 cm³/mol. The molecule has 0 saturated heterocycles. The Morgan fingerprint density at radius 3 is 2.55 bits per heavy atom. The van der Waals surface area contributed by atoms with Crippen LogP contribution < -0.4 is 5.73 Å². The summed E-state index contributed by atoms with van der Waals surface area (Å²) in [6.45, 7) is 0.341. The number of hydrogen-bond donors (Lipinski definition) is 1. The van der Waals surface area contributed by atoms with E-state index in [1.165, 1.54) is 4.90 Å². The van der Waals surface area contributed by atoms with E-state index in [2.05, 4.69) is 4.98 Å². The van der Waals surface area contributed by atoms with Crippen molar-refractivity contribution >= 4 is 5.91 Å². The van der Waals surface area contributed by atoms with Crippen molar-refractivity contribution in [3.05, 3.63) is 29.6 Å². The van der Waals surface area contributed by atoms with Gasteiger partial charge < -0.3 is 10.6 Å². The molecule has 1 unspecified atom stereocenters. The van der Waals surface area contributed by atoms with E-state index in [-0.39, 0.29) is 11.7 Å². The SMILES string of the molecule is CN(C(=O)c1ccc(C(F)(F)F)cn1)C(CN)C1CC1. The van der Waals surface area contributed by atoms with Gasteiger partial charge in [0.1, 0.15) is 5.69 Å². The number of halogens is 3. The minimum Gasteiger partial charge on any atom is -0.336 e. The zero-order valence-corrected chi connectivity index (χ0v) is 11.0. The van der Waals surface area contributed by atoms with Crippen LogP contribution in [0.1, 0.15) is 28.9 Å². The Morgan fingerprint density at radius 1 is 1.50 bits per heavy atom. The van der Waals surface area contributed by atoms with Gasteiger partial charge in [-0.05, 0) is 30.9 Å². The zero-order chi connectivity index (χ0) is 14.9. The van der Waals surface area contributed by atoms with Crippen molar-refractivity contribution in [1.29, 1.82) is 0 Å². The molecule has 1 aromatic rings. The van der Waals surface area contributed by atoms with Crippen LogP contribution >= 0.6 is 0 Å². The lowest BCUT2D eigenvalue weighted by atomic mass is 10.1. The third-order valence-electron chi connectivity index (χ3n) is 3.54. The molecule has 0 radical (unpaired) electrons. The lowest BCUT2D eigenvalue weighted by Crippen LogP contribution is -2.43. The molecular formula is C13H16F3N3O. The summed E-state index contributed by atoms with van der Waals surface area (Å²) >= 11 is 0.